The Morgan fingerprint density at radius 2 is 1.84 bits per heavy atom. The third-order valence-corrected chi connectivity index (χ3v) is 4.96. The summed E-state index contributed by atoms with van der Waals surface area (Å²) in [5.74, 6) is 1.85. The van der Waals surface area contributed by atoms with Crippen LogP contribution in [0.5, 0.6) is 23.0 Å². The molecular formula is C25H21FO5. The lowest BCUT2D eigenvalue weighted by Gasteiger charge is -2.09. The Morgan fingerprint density at radius 1 is 1.00 bits per heavy atom. The van der Waals surface area contributed by atoms with E-state index in [-0.39, 0.29) is 24.0 Å². The van der Waals surface area contributed by atoms with Gasteiger partial charge in [0.25, 0.3) is 0 Å². The van der Waals surface area contributed by atoms with Crippen molar-refractivity contribution in [1.29, 1.82) is 0 Å². The first kappa shape index (κ1) is 20.5. The van der Waals surface area contributed by atoms with E-state index < -0.39 is 0 Å². The average Bonchev–Trinajstić information content (AvgIpc) is 3.07. The van der Waals surface area contributed by atoms with Crippen LogP contribution in [0.4, 0.5) is 4.39 Å². The van der Waals surface area contributed by atoms with Gasteiger partial charge in [-0.1, -0.05) is 12.1 Å². The van der Waals surface area contributed by atoms with Crippen LogP contribution in [-0.4, -0.2) is 20.0 Å². The van der Waals surface area contributed by atoms with Crippen molar-refractivity contribution in [3.05, 3.63) is 88.4 Å². The van der Waals surface area contributed by atoms with Crippen LogP contribution in [0.25, 0.3) is 6.08 Å². The first-order valence-electron chi connectivity index (χ1n) is 9.66. The number of methoxy groups -OCH3 is 2. The van der Waals surface area contributed by atoms with Gasteiger partial charge in [-0.2, -0.15) is 0 Å². The number of rotatable bonds is 6. The number of hydrogen-bond acceptors (Lipinski definition) is 5. The molecule has 1 aliphatic rings. The Balaban J connectivity index is 1.60. The molecule has 0 N–H and O–H groups in total. The molecule has 0 radical (unpaired) electrons. The minimum atomic E-state index is -0.317. The number of allylic oxidation sites excluding steroid dienone is 1. The van der Waals surface area contributed by atoms with Gasteiger partial charge in [0.15, 0.2) is 5.76 Å². The lowest BCUT2D eigenvalue weighted by molar-refractivity contribution is 0.101. The van der Waals surface area contributed by atoms with Crippen LogP contribution in [-0.2, 0) is 6.61 Å². The van der Waals surface area contributed by atoms with Crippen LogP contribution in [0.2, 0.25) is 0 Å². The van der Waals surface area contributed by atoms with Crippen LogP contribution < -0.4 is 18.9 Å². The number of benzene rings is 3. The van der Waals surface area contributed by atoms with E-state index in [0.717, 1.165) is 5.56 Å². The summed E-state index contributed by atoms with van der Waals surface area (Å²) in [4.78, 5) is 13.0. The first-order valence-corrected chi connectivity index (χ1v) is 9.66. The predicted molar refractivity (Wildman–Crippen MR) is 114 cm³/mol. The molecule has 0 atom stereocenters. The van der Waals surface area contributed by atoms with Gasteiger partial charge < -0.3 is 18.9 Å². The topological polar surface area (TPSA) is 54.0 Å². The molecule has 0 spiro atoms. The number of aryl methyl sites for hydroxylation is 1. The third-order valence-electron chi connectivity index (χ3n) is 4.96. The van der Waals surface area contributed by atoms with E-state index in [2.05, 4.69) is 0 Å². The van der Waals surface area contributed by atoms with Gasteiger partial charge in [0.05, 0.1) is 19.8 Å². The molecule has 0 bridgehead atoms. The maximum Gasteiger partial charge on any atom is 0.232 e. The minimum absolute atomic E-state index is 0.187. The molecule has 4 rings (SSSR count). The van der Waals surface area contributed by atoms with Crippen molar-refractivity contribution in [2.45, 2.75) is 13.5 Å². The zero-order valence-electron chi connectivity index (χ0n) is 17.4. The Bertz CT molecular complexity index is 1180. The van der Waals surface area contributed by atoms with Crippen molar-refractivity contribution in [2.24, 2.45) is 0 Å². The van der Waals surface area contributed by atoms with Crippen molar-refractivity contribution < 1.29 is 28.1 Å². The summed E-state index contributed by atoms with van der Waals surface area (Å²) >= 11 is 0. The molecule has 5 nitrogen and oxygen atoms in total. The molecule has 3 aromatic rings. The Hall–Kier alpha value is -3.80. The second kappa shape index (κ2) is 8.52. The summed E-state index contributed by atoms with van der Waals surface area (Å²) in [6.45, 7) is 2.03. The molecule has 0 unspecified atom stereocenters. The van der Waals surface area contributed by atoms with Crippen LogP contribution in [0.1, 0.15) is 27.0 Å². The van der Waals surface area contributed by atoms with Crippen molar-refractivity contribution in [2.75, 3.05) is 14.2 Å². The normalized spacial score (nSPS) is 13.7. The second-order valence-corrected chi connectivity index (χ2v) is 7.08. The zero-order valence-corrected chi connectivity index (χ0v) is 17.4. The number of ketones is 1. The molecule has 0 aliphatic carbocycles. The van der Waals surface area contributed by atoms with Gasteiger partial charge in [0.1, 0.15) is 35.4 Å². The summed E-state index contributed by atoms with van der Waals surface area (Å²) in [5, 5.41) is 0. The monoisotopic (exact) mass is 420 g/mol. The highest BCUT2D eigenvalue weighted by molar-refractivity contribution is 6.15. The van der Waals surface area contributed by atoms with Gasteiger partial charge in [-0.3, -0.25) is 4.79 Å². The Kier molecular flexibility index (Phi) is 5.62. The molecule has 0 fully saturated rings. The smallest absolute Gasteiger partial charge is 0.232 e. The second-order valence-electron chi connectivity index (χ2n) is 7.08. The highest BCUT2D eigenvalue weighted by Crippen LogP contribution is 2.38. The molecule has 0 aromatic heterocycles. The predicted octanol–water partition coefficient (Wildman–Crippen LogP) is 5.35. The SMILES string of the molecule is COc1ccc(OC)c(/C=C2\Oc3cc(OCc4cccc(F)c4)cc(C)c3C2=O)c1. The molecule has 0 amide bonds. The first-order chi connectivity index (χ1) is 15.0. The summed E-state index contributed by atoms with van der Waals surface area (Å²) in [7, 11) is 3.13. The van der Waals surface area contributed by atoms with Crippen molar-refractivity contribution >= 4 is 11.9 Å². The molecule has 0 saturated heterocycles. The third kappa shape index (κ3) is 4.23. The molecule has 6 heteroatoms. The van der Waals surface area contributed by atoms with E-state index in [1.54, 1.807) is 62.8 Å². The number of Topliss-reactive ketones (excluding diaryl/α,β-unsaturated/α-hetero) is 1. The van der Waals surface area contributed by atoms with Gasteiger partial charge in [-0.15, -0.1) is 0 Å². The highest BCUT2D eigenvalue weighted by atomic mass is 19.1. The molecular weight excluding hydrogens is 399 g/mol. The highest BCUT2D eigenvalue weighted by Gasteiger charge is 2.30. The fraction of sp³-hybridized carbons (Fsp3) is 0.160. The summed E-state index contributed by atoms with van der Waals surface area (Å²) < 4.78 is 35.7. The van der Waals surface area contributed by atoms with Gasteiger partial charge in [-0.25, -0.2) is 4.39 Å². The maximum atomic E-state index is 13.4. The lowest BCUT2D eigenvalue weighted by atomic mass is 10.0. The zero-order chi connectivity index (χ0) is 22.0. The quantitative estimate of drug-likeness (QED) is 0.504. The Labute approximate surface area is 179 Å². The summed E-state index contributed by atoms with van der Waals surface area (Å²) in [6.07, 6.45) is 1.64. The minimum Gasteiger partial charge on any atom is -0.497 e. The number of fused-ring (bicyclic) bond motifs is 1. The van der Waals surface area contributed by atoms with E-state index in [9.17, 15) is 9.18 Å². The maximum absolute atomic E-state index is 13.4. The van der Waals surface area contributed by atoms with E-state index in [4.69, 9.17) is 18.9 Å². The van der Waals surface area contributed by atoms with E-state index in [0.29, 0.717) is 39.7 Å². The van der Waals surface area contributed by atoms with Gasteiger partial charge >= 0.3 is 0 Å². The Morgan fingerprint density at radius 3 is 2.58 bits per heavy atom. The number of carbonyl (C=O) groups is 1. The van der Waals surface area contributed by atoms with Crippen molar-refractivity contribution in [1.82, 2.24) is 0 Å². The van der Waals surface area contributed by atoms with E-state index in [1.807, 2.05) is 6.92 Å². The van der Waals surface area contributed by atoms with Gasteiger partial charge in [-0.05, 0) is 60.5 Å². The van der Waals surface area contributed by atoms with Crippen molar-refractivity contribution in [3.63, 3.8) is 0 Å². The molecule has 1 aliphatic heterocycles. The van der Waals surface area contributed by atoms with Crippen LogP contribution in [0.3, 0.4) is 0 Å². The lowest BCUT2D eigenvalue weighted by Crippen LogP contribution is -2.00. The van der Waals surface area contributed by atoms with Crippen LogP contribution in [0.15, 0.2) is 60.4 Å². The number of ether oxygens (including phenoxy) is 4. The average molecular weight is 420 g/mol. The largest absolute Gasteiger partial charge is 0.497 e. The van der Waals surface area contributed by atoms with E-state index in [1.165, 1.54) is 12.1 Å². The molecule has 1 heterocycles. The summed E-state index contributed by atoms with van der Waals surface area (Å²) in [6, 6.07) is 15.0. The van der Waals surface area contributed by atoms with E-state index >= 15 is 0 Å². The van der Waals surface area contributed by atoms with Crippen molar-refractivity contribution in [3.8, 4) is 23.0 Å². The fourth-order valence-corrected chi connectivity index (χ4v) is 3.45. The van der Waals surface area contributed by atoms with Crippen LogP contribution >= 0.6 is 0 Å². The van der Waals surface area contributed by atoms with Gasteiger partial charge in [0.2, 0.25) is 5.78 Å². The molecule has 31 heavy (non-hydrogen) atoms. The standard InChI is InChI=1S/C25H21FO5/c1-15-9-20(30-14-16-5-4-6-18(26)10-16)13-22-24(15)25(27)23(31-22)12-17-11-19(28-2)7-8-21(17)29-3/h4-13H,14H2,1-3H3/b23-12-. The molecule has 3 aromatic carbocycles. The number of carbonyl (C=O) groups excluding carboxylic acids is 1. The van der Waals surface area contributed by atoms with Crippen LogP contribution in [0, 0.1) is 12.7 Å². The van der Waals surface area contributed by atoms with Gasteiger partial charge in [0, 0.05) is 11.6 Å². The fourth-order valence-electron chi connectivity index (χ4n) is 3.45. The number of halogens is 1. The number of hydrogen-bond donors (Lipinski definition) is 0. The molecule has 158 valence electrons. The molecule has 0 saturated carbocycles. The summed E-state index contributed by atoms with van der Waals surface area (Å²) in [5.41, 5.74) is 2.60.